The number of methoxy groups -OCH3 is 1. The summed E-state index contributed by atoms with van der Waals surface area (Å²) in [5.74, 6) is -1.63. The summed E-state index contributed by atoms with van der Waals surface area (Å²) in [5.41, 5.74) is -0.314. The van der Waals surface area contributed by atoms with Crippen LogP contribution in [0.3, 0.4) is 0 Å². The van der Waals surface area contributed by atoms with Gasteiger partial charge in [-0.15, -0.1) is 0 Å². The van der Waals surface area contributed by atoms with Gasteiger partial charge >= 0.3 is 5.97 Å². The molecule has 0 aliphatic carbocycles. The molecular weight excluding hydrogens is 365 g/mol. The number of halogens is 1. The maximum Gasteiger partial charge on any atom is 0.341 e. The van der Waals surface area contributed by atoms with Gasteiger partial charge in [-0.1, -0.05) is 13.3 Å². The molecule has 1 unspecified atom stereocenters. The maximum atomic E-state index is 15.1. The van der Waals surface area contributed by atoms with E-state index in [0.29, 0.717) is 37.4 Å². The van der Waals surface area contributed by atoms with Gasteiger partial charge in [0.05, 0.1) is 18.0 Å². The molecule has 7 nitrogen and oxygen atoms in total. The van der Waals surface area contributed by atoms with Crippen LogP contribution in [0.1, 0.15) is 37.0 Å². The maximum absolute atomic E-state index is 15.1. The van der Waals surface area contributed by atoms with Crippen LogP contribution in [0.25, 0.3) is 10.9 Å². The topological polar surface area (TPSA) is 83.8 Å². The molecule has 2 aromatic rings. The number of aromatic nitrogens is 1. The Balaban J connectivity index is 2.33. The molecule has 1 aromatic heterocycles. The van der Waals surface area contributed by atoms with Crippen LogP contribution in [0, 0.1) is 5.82 Å². The summed E-state index contributed by atoms with van der Waals surface area (Å²) in [6.07, 6.45) is 3.02. The monoisotopic (exact) mass is 391 g/mol. The number of fused-ring (bicyclic) bond motifs is 1. The van der Waals surface area contributed by atoms with Crippen molar-refractivity contribution in [3.05, 3.63) is 33.9 Å². The lowest BCUT2D eigenvalue weighted by Gasteiger charge is -2.35. The SMILES string of the molecule is CCCCn1cc(C(=O)O)c(=O)c2cc(F)c(N3CCNC(C)C3)c(OC)c21. The summed E-state index contributed by atoms with van der Waals surface area (Å²) < 4.78 is 22.4. The number of rotatable bonds is 6. The molecule has 1 aliphatic rings. The van der Waals surface area contributed by atoms with E-state index in [-0.39, 0.29) is 22.7 Å². The van der Waals surface area contributed by atoms with Crippen LogP contribution < -0.4 is 20.4 Å². The van der Waals surface area contributed by atoms with Crippen LogP contribution in [0.15, 0.2) is 17.1 Å². The van der Waals surface area contributed by atoms with Crippen molar-refractivity contribution in [3.8, 4) is 5.75 Å². The van der Waals surface area contributed by atoms with Crippen LogP contribution >= 0.6 is 0 Å². The van der Waals surface area contributed by atoms with E-state index >= 15 is 4.39 Å². The number of carboxylic acids is 1. The van der Waals surface area contributed by atoms with E-state index in [1.165, 1.54) is 13.3 Å². The van der Waals surface area contributed by atoms with Crippen molar-refractivity contribution in [1.82, 2.24) is 9.88 Å². The van der Waals surface area contributed by atoms with Crippen LogP contribution in [0.2, 0.25) is 0 Å². The van der Waals surface area contributed by atoms with E-state index in [2.05, 4.69) is 5.32 Å². The molecule has 2 N–H and O–H groups in total. The number of benzene rings is 1. The standard InChI is InChI=1S/C20H26FN3O4/c1-4-5-7-23-11-14(20(26)27)18(25)13-9-15(21)17(19(28-3)16(13)23)24-8-6-22-12(2)10-24/h9,11-12,22H,4-8,10H2,1-3H3,(H,26,27). The number of aromatic carboxylic acids is 1. The first-order chi connectivity index (χ1) is 13.4. The molecule has 152 valence electrons. The molecule has 28 heavy (non-hydrogen) atoms. The fraction of sp³-hybridized carbons (Fsp3) is 0.500. The first-order valence-electron chi connectivity index (χ1n) is 9.54. The van der Waals surface area contributed by atoms with Crippen LogP contribution in [-0.4, -0.2) is 48.4 Å². The highest BCUT2D eigenvalue weighted by Crippen LogP contribution is 2.38. The Bertz CT molecular complexity index is 957. The first-order valence-corrected chi connectivity index (χ1v) is 9.54. The minimum absolute atomic E-state index is 0.0253. The van der Waals surface area contributed by atoms with Gasteiger partial charge in [0, 0.05) is 38.4 Å². The van der Waals surface area contributed by atoms with Crippen molar-refractivity contribution < 1.29 is 19.0 Å². The summed E-state index contributed by atoms with van der Waals surface area (Å²) in [7, 11) is 1.45. The Morgan fingerprint density at radius 2 is 2.21 bits per heavy atom. The normalized spacial score (nSPS) is 17.1. The second-order valence-corrected chi connectivity index (χ2v) is 7.16. The lowest BCUT2D eigenvalue weighted by molar-refractivity contribution is 0.0694. The molecule has 0 saturated carbocycles. The van der Waals surface area contributed by atoms with E-state index in [1.54, 1.807) is 4.57 Å². The van der Waals surface area contributed by atoms with Crippen molar-refractivity contribution in [2.24, 2.45) is 0 Å². The Labute approximate surface area is 162 Å². The van der Waals surface area contributed by atoms with Gasteiger partial charge in [-0.25, -0.2) is 9.18 Å². The van der Waals surface area contributed by atoms with Gasteiger partial charge in [-0.05, 0) is 19.4 Å². The molecule has 3 rings (SSSR count). The Morgan fingerprint density at radius 1 is 1.46 bits per heavy atom. The summed E-state index contributed by atoms with van der Waals surface area (Å²) in [4.78, 5) is 26.2. The van der Waals surface area contributed by atoms with Crippen LogP contribution in [0.5, 0.6) is 5.75 Å². The minimum Gasteiger partial charge on any atom is -0.492 e. The molecule has 1 saturated heterocycles. The quantitative estimate of drug-likeness (QED) is 0.787. The Hall–Kier alpha value is -2.61. The Kier molecular flexibility index (Phi) is 5.88. The lowest BCUT2D eigenvalue weighted by Crippen LogP contribution is -2.49. The minimum atomic E-state index is -1.32. The number of ether oxygens (including phenoxy) is 1. The fourth-order valence-electron chi connectivity index (χ4n) is 3.77. The first kappa shape index (κ1) is 20.1. The number of anilines is 1. The number of pyridine rings is 1. The molecule has 0 spiro atoms. The average molecular weight is 391 g/mol. The van der Waals surface area contributed by atoms with Gasteiger partial charge < -0.3 is 24.6 Å². The number of nitrogens with one attached hydrogen (secondary N) is 1. The van der Waals surface area contributed by atoms with E-state index in [9.17, 15) is 14.7 Å². The van der Waals surface area contributed by atoms with Crippen molar-refractivity contribution in [2.45, 2.75) is 39.3 Å². The third-order valence-electron chi connectivity index (χ3n) is 5.12. The highest BCUT2D eigenvalue weighted by Gasteiger charge is 2.27. The third kappa shape index (κ3) is 3.56. The van der Waals surface area contributed by atoms with Crippen LogP contribution in [-0.2, 0) is 6.54 Å². The number of nitrogens with zero attached hydrogens (tertiary/aromatic N) is 2. The fourth-order valence-corrected chi connectivity index (χ4v) is 3.77. The molecule has 1 aromatic carbocycles. The molecule has 1 fully saturated rings. The van der Waals surface area contributed by atoms with Gasteiger partial charge in [-0.3, -0.25) is 4.79 Å². The molecule has 1 aliphatic heterocycles. The number of aryl methyl sites for hydroxylation is 1. The number of carbonyl (C=O) groups is 1. The van der Waals surface area contributed by atoms with E-state index in [4.69, 9.17) is 4.74 Å². The van der Waals surface area contributed by atoms with Gasteiger partial charge in [-0.2, -0.15) is 0 Å². The van der Waals surface area contributed by atoms with Crippen LogP contribution in [0.4, 0.5) is 10.1 Å². The summed E-state index contributed by atoms with van der Waals surface area (Å²) >= 11 is 0. The molecule has 0 bridgehead atoms. The number of carboxylic acid groups (broad SMARTS) is 1. The largest absolute Gasteiger partial charge is 0.492 e. The summed E-state index contributed by atoms with van der Waals surface area (Å²) in [6, 6.07) is 1.34. The number of hydrogen-bond donors (Lipinski definition) is 2. The summed E-state index contributed by atoms with van der Waals surface area (Å²) in [6.45, 7) is 6.47. The van der Waals surface area contributed by atoms with Gasteiger partial charge in [0.25, 0.3) is 0 Å². The summed E-state index contributed by atoms with van der Waals surface area (Å²) in [5, 5.41) is 12.7. The third-order valence-corrected chi connectivity index (χ3v) is 5.12. The highest BCUT2D eigenvalue weighted by molar-refractivity contribution is 5.97. The highest BCUT2D eigenvalue weighted by atomic mass is 19.1. The lowest BCUT2D eigenvalue weighted by atomic mass is 10.1. The molecule has 0 radical (unpaired) electrons. The molecule has 8 heteroatoms. The van der Waals surface area contributed by atoms with E-state index < -0.39 is 17.2 Å². The zero-order valence-electron chi connectivity index (χ0n) is 16.4. The molecule has 2 heterocycles. The molecular formula is C20H26FN3O4. The van der Waals surface area contributed by atoms with E-state index in [1.807, 2.05) is 18.7 Å². The Morgan fingerprint density at radius 3 is 2.82 bits per heavy atom. The smallest absolute Gasteiger partial charge is 0.341 e. The number of unbranched alkanes of at least 4 members (excludes halogenated alkanes) is 1. The molecule has 0 amide bonds. The van der Waals surface area contributed by atoms with Gasteiger partial charge in [0.2, 0.25) is 5.43 Å². The van der Waals surface area contributed by atoms with E-state index in [0.717, 1.165) is 18.9 Å². The second-order valence-electron chi connectivity index (χ2n) is 7.16. The number of piperazine rings is 1. The predicted octanol–water partition coefficient (Wildman–Crippen LogP) is 2.45. The number of hydrogen-bond acceptors (Lipinski definition) is 5. The van der Waals surface area contributed by atoms with Gasteiger partial charge in [0.1, 0.15) is 11.3 Å². The second kappa shape index (κ2) is 8.18. The zero-order valence-corrected chi connectivity index (χ0v) is 16.4. The van der Waals surface area contributed by atoms with Gasteiger partial charge in [0.15, 0.2) is 11.6 Å². The zero-order chi connectivity index (χ0) is 20.4. The predicted molar refractivity (Wildman–Crippen MR) is 106 cm³/mol. The molecule has 1 atom stereocenters. The van der Waals surface area contributed by atoms with Crippen molar-refractivity contribution >= 4 is 22.6 Å². The van der Waals surface area contributed by atoms with Crippen molar-refractivity contribution in [1.29, 1.82) is 0 Å². The average Bonchev–Trinajstić information content (AvgIpc) is 2.66. The van der Waals surface area contributed by atoms with Crippen molar-refractivity contribution in [2.75, 3.05) is 31.6 Å². The van der Waals surface area contributed by atoms with Crippen molar-refractivity contribution in [3.63, 3.8) is 0 Å².